The number of fused-ring (bicyclic) bond motifs is 1. The second kappa shape index (κ2) is 4.11. The Hall–Kier alpha value is -1.22. The predicted molar refractivity (Wildman–Crippen MR) is 57.5 cm³/mol. The minimum absolute atomic E-state index is 0.288. The fraction of sp³-hybridized carbons (Fsp3) is 0.500. The highest BCUT2D eigenvalue weighted by atomic mass is 16.5. The van der Waals surface area contributed by atoms with Crippen LogP contribution < -0.4 is 9.47 Å². The molecule has 0 saturated carbocycles. The summed E-state index contributed by atoms with van der Waals surface area (Å²) in [5.41, 5.74) is 2.50. The van der Waals surface area contributed by atoms with E-state index in [9.17, 15) is 0 Å². The molecule has 3 heteroatoms. The number of hydrogen-bond acceptors (Lipinski definition) is 3. The topological polar surface area (TPSA) is 27.7 Å². The van der Waals surface area contributed by atoms with Crippen molar-refractivity contribution in [2.24, 2.45) is 0 Å². The van der Waals surface area contributed by atoms with E-state index in [2.05, 4.69) is 6.92 Å². The molecule has 15 heavy (non-hydrogen) atoms. The zero-order valence-electron chi connectivity index (χ0n) is 9.37. The molecular weight excluding hydrogens is 192 g/mol. The van der Waals surface area contributed by atoms with Crippen LogP contribution in [0.3, 0.4) is 0 Å². The molecule has 0 fully saturated rings. The van der Waals surface area contributed by atoms with Crippen LogP contribution in [0.2, 0.25) is 0 Å². The maximum atomic E-state index is 5.58. The van der Waals surface area contributed by atoms with E-state index in [1.54, 1.807) is 14.2 Å². The molecule has 0 saturated heterocycles. The molecule has 0 spiro atoms. The highest BCUT2D eigenvalue weighted by molar-refractivity contribution is 5.48. The van der Waals surface area contributed by atoms with Crippen LogP contribution >= 0.6 is 0 Å². The second-order valence-corrected chi connectivity index (χ2v) is 3.80. The lowest BCUT2D eigenvalue weighted by atomic mass is 9.99. The summed E-state index contributed by atoms with van der Waals surface area (Å²) in [6.45, 7) is 2.75. The largest absolute Gasteiger partial charge is 0.493 e. The van der Waals surface area contributed by atoms with E-state index in [1.807, 2.05) is 12.1 Å². The SMILES string of the molecule is COc1cc2c(cc1OC)C[C@H](C)OC2. The van der Waals surface area contributed by atoms with E-state index in [4.69, 9.17) is 14.2 Å². The first-order chi connectivity index (χ1) is 7.24. The monoisotopic (exact) mass is 208 g/mol. The molecule has 0 N–H and O–H groups in total. The van der Waals surface area contributed by atoms with Gasteiger partial charge in [0.2, 0.25) is 0 Å². The fourth-order valence-corrected chi connectivity index (χ4v) is 1.89. The van der Waals surface area contributed by atoms with Gasteiger partial charge in [-0.3, -0.25) is 0 Å². The van der Waals surface area contributed by atoms with Gasteiger partial charge >= 0.3 is 0 Å². The summed E-state index contributed by atoms with van der Waals surface area (Å²) in [4.78, 5) is 0. The Morgan fingerprint density at radius 2 is 1.73 bits per heavy atom. The first-order valence-electron chi connectivity index (χ1n) is 5.10. The van der Waals surface area contributed by atoms with E-state index in [-0.39, 0.29) is 6.10 Å². The maximum Gasteiger partial charge on any atom is 0.161 e. The Labute approximate surface area is 90.0 Å². The number of hydrogen-bond donors (Lipinski definition) is 0. The molecule has 1 aliphatic heterocycles. The van der Waals surface area contributed by atoms with Gasteiger partial charge in [-0.2, -0.15) is 0 Å². The molecule has 2 rings (SSSR count). The van der Waals surface area contributed by atoms with Crippen molar-refractivity contribution in [3.63, 3.8) is 0 Å². The Balaban J connectivity index is 2.41. The lowest BCUT2D eigenvalue weighted by Crippen LogP contribution is -2.19. The average Bonchev–Trinajstić information content (AvgIpc) is 2.27. The van der Waals surface area contributed by atoms with Crippen molar-refractivity contribution in [2.45, 2.75) is 26.1 Å². The lowest BCUT2D eigenvalue weighted by molar-refractivity contribution is 0.0408. The van der Waals surface area contributed by atoms with Crippen LogP contribution in [0, 0.1) is 0 Å². The molecule has 1 aliphatic rings. The summed E-state index contributed by atoms with van der Waals surface area (Å²) >= 11 is 0. The summed E-state index contributed by atoms with van der Waals surface area (Å²) in [6.07, 6.45) is 1.23. The van der Waals surface area contributed by atoms with Crippen molar-refractivity contribution in [1.82, 2.24) is 0 Å². The van der Waals surface area contributed by atoms with E-state index in [0.29, 0.717) is 6.61 Å². The summed E-state index contributed by atoms with van der Waals surface area (Å²) in [5.74, 6) is 1.57. The lowest BCUT2D eigenvalue weighted by Gasteiger charge is -2.23. The summed E-state index contributed by atoms with van der Waals surface area (Å²) in [5, 5.41) is 0. The predicted octanol–water partition coefficient (Wildman–Crippen LogP) is 2.17. The van der Waals surface area contributed by atoms with Crippen LogP contribution in [0.1, 0.15) is 18.1 Å². The van der Waals surface area contributed by atoms with Crippen LogP contribution in [0.25, 0.3) is 0 Å². The summed E-state index contributed by atoms with van der Waals surface area (Å²) in [7, 11) is 3.31. The zero-order chi connectivity index (χ0) is 10.8. The van der Waals surface area contributed by atoms with Gasteiger partial charge in [-0.1, -0.05) is 0 Å². The molecular formula is C12H16O3. The molecule has 0 unspecified atom stereocenters. The first kappa shape index (κ1) is 10.3. The highest BCUT2D eigenvalue weighted by Crippen LogP contribution is 2.33. The molecule has 1 heterocycles. The van der Waals surface area contributed by atoms with Crippen LogP contribution in [-0.4, -0.2) is 20.3 Å². The molecule has 3 nitrogen and oxygen atoms in total. The van der Waals surface area contributed by atoms with Crippen molar-refractivity contribution >= 4 is 0 Å². The van der Waals surface area contributed by atoms with Crippen molar-refractivity contribution < 1.29 is 14.2 Å². The Morgan fingerprint density at radius 3 is 2.33 bits per heavy atom. The molecule has 82 valence electrons. The maximum absolute atomic E-state index is 5.58. The van der Waals surface area contributed by atoms with Crippen LogP contribution in [0.15, 0.2) is 12.1 Å². The number of benzene rings is 1. The van der Waals surface area contributed by atoms with Gasteiger partial charge in [0.05, 0.1) is 26.9 Å². The van der Waals surface area contributed by atoms with Gasteiger partial charge in [0.15, 0.2) is 11.5 Å². The van der Waals surface area contributed by atoms with Crippen molar-refractivity contribution in [2.75, 3.05) is 14.2 Å². The van der Waals surface area contributed by atoms with Gasteiger partial charge in [0, 0.05) is 0 Å². The minimum atomic E-state index is 0.288. The number of rotatable bonds is 2. The standard InChI is InChI=1S/C12H16O3/c1-8-4-9-5-11(13-2)12(14-3)6-10(9)7-15-8/h5-6,8H,4,7H2,1-3H3/t8-/m0/s1. The summed E-state index contributed by atoms with van der Waals surface area (Å²) < 4.78 is 16.1. The van der Waals surface area contributed by atoms with Gasteiger partial charge in [0.25, 0.3) is 0 Å². The van der Waals surface area contributed by atoms with E-state index >= 15 is 0 Å². The number of methoxy groups -OCH3 is 2. The van der Waals surface area contributed by atoms with E-state index in [1.165, 1.54) is 11.1 Å². The van der Waals surface area contributed by atoms with Crippen LogP contribution in [-0.2, 0) is 17.8 Å². The molecule has 1 aromatic carbocycles. The quantitative estimate of drug-likeness (QED) is 0.745. The first-order valence-corrected chi connectivity index (χ1v) is 5.10. The molecule has 1 aromatic rings. The molecule has 0 aliphatic carbocycles. The Kier molecular flexibility index (Phi) is 2.82. The van der Waals surface area contributed by atoms with Crippen molar-refractivity contribution in [3.05, 3.63) is 23.3 Å². The zero-order valence-corrected chi connectivity index (χ0v) is 9.37. The Morgan fingerprint density at radius 1 is 1.13 bits per heavy atom. The van der Waals surface area contributed by atoms with Gasteiger partial charge in [-0.25, -0.2) is 0 Å². The molecule has 1 atom stereocenters. The Bertz CT molecular complexity index is 360. The van der Waals surface area contributed by atoms with Gasteiger partial charge in [-0.05, 0) is 36.6 Å². The third kappa shape index (κ3) is 1.92. The van der Waals surface area contributed by atoms with Crippen LogP contribution in [0.5, 0.6) is 11.5 Å². The third-order valence-electron chi connectivity index (χ3n) is 2.74. The summed E-state index contributed by atoms with van der Waals surface area (Å²) in [6, 6.07) is 4.05. The molecule has 0 bridgehead atoms. The highest BCUT2D eigenvalue weighted by Gasteiger charge is 2.18. The molecule has 0 amide bonds. The smallest absolute Gasteiger partial charge is 0.161 e. The molecule has 0 radical (unpaired) electrons. The second-order valence-electron chi connectivity index (χ2n) is 3.80. The van der Waals surface area contributed by atoms with Gasteiger partial charge in [-0.15, -0.1) is 0 Å². The van der Waals surface area contributed by atoms with E-state index < -0.39 is 0 Å². The minimum Gasteiger partial charge on any atom is -0.493 e. The number of ether oxygens (including phenoxy) is 3. The van der Waals surface area contributed by atoms with E-state index in [0.717, 1.165) is 17.9 Å². The van der Waals surface area contributed by atoms with Crippen molar-refractivity contribution in [3.8, 4) is 11.5 Å². The average molecular weight is 208 g/mol. The van der Waals surface area contributed by atoms with Gasteiger partial charge < -0.3 is 14.2 Å². The van der Waals surface area contributed by atoms with Crippen molar-refractivity contribution in [1.29, 1.82) is 0 Å². The van der Waals surface area contributed by atoms with Crippen LogP contribution in [0.4, 0.5) is 0 Å². The molecule has 0 aromatic heterocycles. The van der Waals surface area contributed by atoms with Gasteiger partial charge in [0.1, 0.15) is 0 Å². The third-order valence-corrected chi connectivity index (χ3v) is 2.74. The fourth-order valence-electron chi connectivity index (χ4n) is 1.89. The normalized spacial score (nSPS) is 19.5.